The summed E-state index contributed by atoms with van der Waals surface area (Å²) >= 11 is 0. The number of ether oxygens (including phenoxy) is 1. The first-order valence-electron chi connectivity index (χ1n) is 19.6. The van der Waals surface area contributed by atoms with Crippen LogP contribution in [0.4, 0.5) is 0 Å². The van der Waals surface area contributed by atoms with Gasteiger partial charge in [0.2, 0.25) is 0 Å². The highest BCUT2D eigenvalue weighted by Gasteiger charge is 2.14. The fourth-order valence-corrected chi connectivity index (χ4v) is 6.04. The number of unbranched alkanes of at least 4 members (excludes halogenated alkanes) is 26. The fourth-order valence-electron chi connectivity index (χ4n) is 6.04. The van der Waals surface area contributed by atoms with E-state index in [2.05, 4.69) is 32.9 Å². The lowest BCUT2D eigenvalue weighted by Gasteiger charge is -2.18. The van der Waals surface area contributed by atoms with Gasteiger partial charge in [0.15, 0.2) is 0 Å². The molecular formula is C40H78O2. The second-order valence-corrected chi connectivity index (χ2v) is 13.3. The first kappa shape index (κ1) is 41.2. The Labute approximate surface area is 266 Å². The van der Waals surface area contributed by atoms with E-state index in [9.17, 15) is 4.79 Å². The summed E-state index contributed by atoms with van der Waals surface area (Å²) in [4.78, 5) is 12.6. The summed E-state index contributed by atoms with van der Waals surface area (Å²) in [5.74, 6) is 0.0648. The molecule has 2 heteroatoms. The van der Waals surface area contributed by atoms with Crippen LogP contribution in [0, 0.1) is 0 Å². The van der Waals surface area contributed by atoms with Gasteiger partial charge in [-0.05, 0) is 57.8 Å². The van der Waals surface area contributed by atoms with Crippen molar-refractivity contribution in [2.45, 2.75) is 239 Å². The number of hydrogen-bond donors (Lipinski definition) is 0. The molecule has 0 aromatic rings. The van der Waals surface area contributed by atoms with E-state index in [0.717, 1.165) is 19.3 Å². The van der Waals surface area contributed by atoms with Gasteiger partial charge < -0.3 is 4.74 Å². The molecule has 42 heavy (non-hydrogen) atoms. The standard InChI is InChI=1S/C40H78O2/c1-4-7-10-13-16-17-18-19-20-21-22-23-24-25-26-27-29-32-35-38-40(41)42-39(36-33-30-15-12-9-6-3)37-34-31-28-14-11-8-5-2/h19-20,39H,4-18,21-38H2,1-3H3/b20-19-. The zero-order valence-electron chi connectivity index (χ0n) is 29.4. The van der Waals surface area contributed by atoms with Crippen LogP contribution in [0.3, 0.4) is 0 Å². The Kier molecular flexibility index (Phi) is 35.7. The van der Waals surface area contributed by atoms with Crippen molar-refractivity contribution in [3.05, 3.63) is 12.2 Å². The Morgan fingerprint density at radius 1 is 0.429 bits per heavy atom. The summed E-state index contributed by atoms with van der Waals surface area (Å²) in [7, 11) is 0. The van der Waals surface area contributed by atoms with Gasteiger partial charge in [-0.15, -0.1) is 0 Å². The maximum Gasteiger partial charge on any atom is 0.306 e. The van der Waals surface area contributed by atoms with E-state index in [1.54, 1.807) is 0 Å². The maximum atomic E-state index is 12.6. The molecule has 0 aliphatic carbocycles. The van der Waals surface area contributed by atoms with Crippen molar-refractivity contribution in [1.82, 2.24) is 0 Å². The molecule has 0 saturated carbocycles. The summed E-state index contributed by atoms with van der Waals surface area (Å²) in [6.45, 7) is 6.84. The zero-order valence-corrected chi connectivity index (χ0v) is 29.4. The topological polar surface area (TPSA) is 26.3 Å². The van der Waals surface area contributed by atoms with E-state index in [-0.39, 0.29) is 12.1 Å². The van der Waals surface area contributed by atoms with Crippen LogP contribution in [0.15, 0.2) is 12.2 Å². The Morgan fingerprint density at radius 3 is 1.12 bits per heavy atom. The van der Waals surface area contributed by atoms with Crippen molar-refractivity contribution in [3.8, 4) is 0 Å². The summed E-state index contributed by atoms with van der Waals surface area (Å²) in [6, 6.07) is 0. The van der Waals surface area contributed by atoms with Crippen molar-refractivity contribution >= 4 is 5.97 Å². The van der Waals surface area contributed by atoms with Crippen LogP contribution in [0.2, 0.25) is 0 Å². The van der Waals surface area contributed by atoms with Crippen molar-refractivity contribution in [1.29, 1.82) is 0 Å². The van der Waals surface area contributed by atoms with E-state index < -0.39 is 0 Å². The third-order valence-corrected chi connectivity index (χ3v) is 8.95. The van der Waals surface area contributed by atoms with Crippen LogP contribution < -0.4 is 0 Å². The lowest BCUT2D eigenvalue weighted by Crippen LogP contribution is -2.18. The smallest absolute Gasteiger partial charge is 0.306 e. The normalized spacial score (nSPS) is 12.4. The fraction of sp³-hybridized carbons (Fsp3) is 0.925. The van der Waals surface area contributed by atoms with Gasteiger partial charge in [0, 0.05) is 6.42 Å². The van der Waals surface area contributed by atoms with Gasteiger partial charge in [-0.3, -0.25) is 4.79 Å². The number of esters is 1. The molecule has 1 atom stereocenters. The van der Waals surface area contributed by atoms with E-state index in [4.69, 9.17) is 4.74 Å². The molecule has 250 valence electrons. The first-order valence-corrected chi connectivity index (χ1v) is 19.6. The maximum absolute atomic E-state index is 12.6. The molecule has 0 fully saturated rings. The van der Waals surface area contributed by atoms with Crippen LogP contribution in [0.1, 0.15) is 233 Å². The average molecular weight is 591 g/mol. The third kappa shape index (κ3) is 33.7. The Hall–Kier alpha value is -0.790. The molecule has 0 N–H and O–H groups in total. The van der Waals surface area contributed by atoms with Crippen LogP contribution in [-0.2, 0) is 9.53 Å². The van der Waals surface area contributed by atoms with Crippen molar-refractivity contribution in [3.63, 3.8) is 0 Å². The Morgan fingerprint density at radius 2 is 0.738 bits per heavy atom. The van der Waals surface area contributed by atoms with Gasteiger partial charge in [0.1, 0.15) is 6.10 Å². The number of hydrogen-bond acceptors (Lipinski definition) is 2. The third-order valence-electron chi connectivity index (χ3n) is 8.95. The molecule has 0 bridgehead atoms. The van der Waals surface area contributed by atoms with Gasteiger partial charge in [-0.25, -0.2) is 0 Å². The predicted molar refractivity (Wildman–Crippen MR) is 188 cm³/mol. The first-order chi connectivity index (χ1) is 20.7. The van der Waals surface area contributed by atoms with Crippen molar-refractivity contribution in [2.24, 2.45) is 0 Å². The molecule has 0 saturated heterocycles. The second-order valence-electron chi connectivity index (χ2n) is 13.3. The Balaban J connectivity index is 3.75. The summed E-state index contributed by atoms with van der Waals surface area (Å²) in [6.07, 6.45) is 47.5. The summed E-state index contributed by atoms with van der Waals surface area (Å²) < 4.78 is 6.02. The van der Waals surface area contributed by atoms with Gasteiger partial charge in [-0.1, -0.05) is 181 Å². The molecule has 0 heterocycles. The van der Waals surface area contributed by atoms with Gasteiger partial charge in [0.05, 0.1) is 0 Å². The minimum atomic E-state index is 0.0648. The molecular weight excluding hydrogens is 512 g/mol. The molecule has 0 aromatic carbocycles. The molecule has 0 spiro atoms. The molecule has 2 nitrogen and oxygen atoms in total. The minimum absolute atomic E-state index is 0.0648. The van der Waals surface area contributed by atoms with Crippen LogP contribution in [-0.4, -0.2) is 12.1 Å². The minimum Gasteiger partial charge on any atom is -0.462 e. The molecule has 0 aliphatic heterocycles. The lowest BCUT2D eigenvalue weighted by atomic mass is 10.0. The number of rotatable bonds is 35. The van der Waals surface area contributed by atoms with Crippen molar-refractivity contribution < 1.29 is 9.53 Å². The quantitative estimate of drug-likeness (QED) is 0.0417. The van der Waals surface area contributed by atoms with Gasteiger partial charge in [0.25, 0.3) is 0 Å². The zero-order chi connectivity index (χ0) is 30.6. The molecule has 0 amide bonds. The summed E-state index contributed by atoms with van der Waals surface area (Å²) in [5, 5.41) is 0. The summed E-state index contributed by atoms with van der Waals surface area (Å²) in [5.41, 5.74) is 0. The second kappa shape index (κ2) is 36.4. The van der Waals surface area contributed by atoms with Gasteiger partial charge in [-0.2, -0.15) is 0 Å². The lowest BCUT2D eigenvalue weighted by molar-refractivity contribution is -0.150. The molecule has 0 aromatic heterocycles. The van der Waals surface area contributed by atoms with Crippen LogP contribution >= 0.6 is 0 Å². The molecule has 1 unspecified atom stereocenters. The average Bonchev–Trinajstić information content (AvgIpc) is 2.99. The largest absolute Gasteiger partial charge is 0.462 e. The van der Waals surface area contributed by atoms with Gasteiger partial charge >= 0.3 is 5.97 Å². The highest BCUT2D eigenvalue weighted by atomic mass is 16.5. The van der Waals surface area contributed by atoms with E-state index >= 15 is 0 Å². The van der Waals surface area contributed by atoms with E-state index in [0.29, 0.717) is 6.42 Å². The monoisotopic (exact) mass is 591 g/mol. The number of carbonyl (C=O) groups is 1. The molecule has 0 aliphatic rings. The van der Waals surface area contributed by atoms with Crippen LogP contribution in [0.5, 0.6) is 0 Å². The number of carbonyl (C=O) groups excluding carboxylic acids is 1. The molecule has 0 rings (SSSR count). The van der Waals surface area contributed by atoms with Crippen LogP contribution in [0.25, 0.3) is 0 Å². The van der Waals surface area contributed by atoms with E-state index in [1.807, 2.05) is 0 Å². The predicted octanol–water partition coefficient (Wildman–Crippen LogP) is 14.4. The highest BCUT2D eigenvalue weighted by molar-refractivity contribution is 5.69. The number of allylic oxidation sites excluding steroid dienone is 2. The Bertz CT molecular complexity index is 540. The molecule has 0 radical (unpaired) electrons. The highest BCUT2D eigenvalue weighted by Crippen LogP contribution is 2.19. The van der Waals surface area contributed by atoms with E-state index in [1.165, 1.54) is 186 Å². The van der Waals surface area contributed by atoms with Crippen molar-refractivity contribution in [2.75, 3.05) is 0 Å². The SMILES string of the molecule is CCCCCCCC/C=C\CCCCCCCCCCCC(=O)OC(CCCCCCCC)CCCCCCCCC.